The summed E-state index contributed by atoms with van der Waals surface area (Å²) < 4.78 is 50.1. The molecule has 172 valence electrons. The van der Waals surface area contributed by atoms with Crippen LogP contribution in [0, 0.1) is 13.8 Å². The Morgan fingerprint density at radius 3 is 2.59 bits per heavy atom. The summed E-state index contributed by atoms with van der Waals surface area (Å²) in [7, 11) is 1.80. The average Bonchev–Trinajstić information content (AvgIpc) is 3.36. The van der Waals surface area contributed by atoms with E-state index in [4.69, 9.17) is 4.42 Å². The van der Waals surface area contributed by atoms with Crippen molar-refractivity contribution in [3.63, 3.8) is 0 Å². The van der Waals surface area contributed by atoms with Gasteiger partial charge in [-0.3, -0.25) is 9.48 Å². The molecule has 0 saturated heterocycles. The summed E-state index contributed by atoms with van der Waals surface area (Å²) in [5.74, 6) is -0.185. The van der Waals surface area contributed by atoms with Crippen LogP contribution >= 0.6 is 31.9 Å². The zero-order valence-electron chi connectivity index (χ0n) is 17.2. The SMILES string of the molecule is Cc1nn(C)c(C)c1CNC(=O)c1nn2c(c1Br)NC(c1ccc(Br)o1)CC2C(F)(F)F. The lowest BCUT2D eigenvalue weighted by Gasteiger charge is -2.32. The molecule has 4 heterocycles. The van der Waals surface area contributed by atoms with Crippen LogP contribution in [0.3, 0.4) is 0 Å². The minimum Gasteiger partial charge on any atom is -0.452 e. The maximum absolute atomic E-state index is 13.9. The number of hydrogen-bond acceptors (Lipinski definition) is 5. The number of hydrogen-bond donors (Lipinski definition) is 2. The molecular formula is C19H19Br2F3N6O2. The number of alkyl halides is 3. The van der Waals surface area contributed by atoms with Crippen LogP contribution in [-0.4, -0.2) is 31.6 Å². The van der Waals surface area contributed by atoms with Crippen molar-refractivity contribution in [3.05, 3.63) is 49.7 Å². The number of carbonyl (C=O) groups is 1. The number of aromatic nitrogens is 4. The molecule has 0 bridgehead atoms. The van der Waals surface area contributed by atoms with Gasteiger partial charge >= 0.3 is 6.18 Å². The summed E-state index contributed by atoms with van der Waals surface area (Å²) in [4.78, 5) is 12.8. The first-order valence-corrected chi connectivity index (χ1v) is 11.2. The quantitative estimate of drug-likeness (QED) is 0.457. The predicted molar refractivity (Wildman–Crippen MR) is 116 cm³/mol. The predicted octanol–water partition coefficient (Wildman–Crippen LogP) is 4.94. The van der Waals surface area contributed by atoms with Crippen LogP contribution in [0.25, 0.3) is 0 Å². The van der Waals surface area contributed by atoms with E-state index in [1.165, 1.54) is 0 Å². The first-order valence-electron chi connectivity index (χ1n) is 9.61. The number of fused-ring (bicyclic) bond motifs is 1. The molecule has 13 heteroatoms. The van der Waals surface area contributed by atoms with Crippen molar-refractivity contribution in [1.82, 2.24) is 24.9 Å². The van der Waals surface area contributed by atoms with Gasteiger partial charge in [0.2, 0.25) is 0 Å². The van der Waals surface area contributed by atoms with E-state index in [0.717, 1.165) is 21.6 Å². The first kappa shape index (κ1) is 22.9. The maximum Gasteiger partial charge on any atom is 0.410 e. The summed E-state index contributed by atoms with van der Waals surface area (Å²) in [6.45, 7) is 3.88. The van der Waals surface area contributed by atoms with Crippen LogP contribution in [0.4, 0.5) is 19.0 Å². The van der Waals surface area contributed by atoms with Gasteiger partial charge in [-0.15, -0.1) is 0 Å². The molecule has 2 N–H and O–H groups in total. The van der Waals surface area contributed by atoms with E-state index in [-0.39, 0.29) is 29.0 Å². The molecule has 0 radical (unpaired) electrons. The van der Waals surface area contributed by atoms with E-state index in [0.29, 0.717) is 10.4 Å². The minimum atomic E-state index is -4.57. The average molecular weight is 580 g/mol. The highest BCUT2D eigenvalue weighted by molar-refractivity contribution is 9.10. The van der Waals surface area contributed by atoms with E-state index in [1.54, 1.807) is 23.9 Å². The molecule has 1 aliphatic heterocycles. The first-order chi connectivity index (χ1) is 15.0. The highest BCUT2D eigenvalue weighted by atomic mass is 79.9. The Morgan fingerprint density at radius 1 is 1.31 bits per heavy atom. The van der Waals surface area contributed by atoms with Gasteiger partial charge in [-0.1, -0.05) is 0 Å². The van der Waals surface area contributed by atoms with E-state index < -0.39 is 24.2 Å². The molecular weight excluding hydrogens is 561 g/mol. The van der Waals surface area contributed by atoms with Gasteiger partial charge in [0.25, 0.3) is 5.91 Å². The second-order valence-electron chi connectivity index (χ2n) is 7.54. The molecule has 1 amide bonds. The van der Waals surface area contributed by atoms with Crippen LogP contribution in [-0.2, 0) is 13.6 Å². The van der Waals surface area contributed by atoms with Crippen molar-refractivity contribution in [1.29, 1.82) is 0 Å². The molecule has 0 saturated carbocycles. The molecule has 0 aliphatic carbocycles. The molecule has 0 aromatic carbocycles. The number of nitrogens with one attached hydrogen (secondary N) is 2. The van der Waals surface area contributed by atoms with Crippen LogP contribution in [0.1, 0.15) is 51.7 Å². The lowest BCUT2D eigenvalue weighted by Crippen LogP contribution is -2.35. The number of carbonyl (C=O) groups excluding carboxylic acids is 1. The van der Waals surface area contributed by atoms with E-state index in [9.17, 15) is 18.0 Å². The number of rotatable bonds is 4. The molecule has 4 rings (SSSR count). The van der Waals surface area contributed by atoms with Crippen LogP contribution < -0.4 is 10.6 Å². The largest absolute Gasteiger partial charge is 0.452 e. The topological polar surface area (TPSA) is 89.9 Å². The standard InChI is InChI=1S/C19H19Br2F3N6O2/c1-8-10(9(2)29(3)27-8)7-25-18(31)16-15(21)17-26-11(12-4-5-14(20)32-12)6-13(19(22,23)24)30(17)28-16/h4-5,11,13,26H,6-7H2,1-3H3,(H,25,31). The van der Waals surface area contributed by atoms with Gasteiger partial charge in [0.1, 0.15) is 11.6 Å². The molecule has 3 aromatic heterocycles. The smallest absolute Gasteiger partial charge is 0.410 e. The zero-order valence-corrected chi connectivity index (χ0v) is 20.4. The number of aryl methyl sites for hydroxylation is 2. The van der Waals surface area contributed by atoms with Crippen molar-refractivity contribution in [2.45, 2.75) is 45.1 Å². The van der Waals surface area contributed by atoms with Crippen molar-refractivity contribution in [3.8, 4) is 0 Å². The summed E-state index contributed by atoms with van der Waals surface area (Å²) in [6.07, 6.45) is -4.90. The normalized spacial score (nSPS) is 18.4. The number of anilines is 1. The van der Waals surface area contributed by atoms with E-state index in [1.807, 2.05) is 13.8 Å². The Morgan fingerprint density at radius 2 is 2.03 bits per heavy atom. The Bertz CT molecular complexity index is 1180. The monoisotopic (exact) mass is 578 g/mol. The molecule has 2 unspecified atom stereocenters. The molecule has 8 nitrogen and oxygen atoms in total. The lowest BCUT2D eigenvalue weighted by molar-refractivity contribution is -0.174. The van der Waals surface area contributed by atoms with Gasteiger partial charge in [-0.2, -0.15) is 23.4 Å². The third-order valence-corrected chi connectivity index (χ3v) is 6.71. The molecule has 2 atom stereocenters. The van der Waals surface area contributed by atoms with Gasteiger partial charge in [0.15, 0.2) is 16.4 Å². The van der Waals surface area contributed by atoms with Crippen molar-refractivity contribution in [2.75, 3.05) is 5.32 Å². The number of amides is 1. The molecule has 32 heavy (non-hydrogen) atoms. The van der Waals surface area contributed by atoms with Gasteiger partial charge < -0.3 is 15.1 Å². The lowest BCUT2D eigenvalue weighted by atomic mass is 10.0. The van der Waals surface area contributed by atoms with Crippen molar-refractivity contribution >= 4 is 43.6 Å². The molecule has 3 aromatic rings. The molecule has 1 aliphatic rings. The number of halogens is 5. The summed E-state index contributed by atoms with van der Waals surface area (Å²) in [6, 6.07) is 0.543. The minimum absolute atomic E-state index is 0.0648. The van der Waals surface area contributed by atoms with Crippen molar-refractivity contribution in [2.24, 2.45) is 7.05 Å². The third kappa shape index (κ3) is 4.07. The Hall–Kier alpha value is -2.28. The highest BCUT2D eigenvalue weighted by Gasteiger charge is 2.48. The summed E-state index contributed by atoms with van der Waals surface area (Å²) in [5.41, 5.74) is 2.36. The summed E-state index contributed by atoms with van der Waals surface area (Å²) >= 11 is 6.43. The fourth-order valence-corrected chi connectivity index (χ4v) is 4.64. The Balaban J connectivity index is 1.64. The fraction of sp³-hybridized carbons (Fsp3) is 0.421. The summed E-state index contributed by atoms with van der Waals surface area (Å²) in [5, 5.41) is 14.0. The zero-order chi connectivity index (χ0) is 23.4. The highest BCUT2D eigenvalue weighted by Crippen LogP contribution is 2.46. The second-order valence-corrected chi connectivity index (χ2v) is 9.12. The van der Waals surface area contributed by atoms with Crippen LogP contribution in [0.15, 0.2) is 25.7 Å². The maximum atomic E-state index is 13.9. The van der Waals surface area contributed by atoms with Gasteiger partial charge in [-0.05, 0) is 57.8 Å². The van der Waals surface area contributed by atoms with Gasteiger partial charge in [0.05, 0.1) is 16.2 Å². The number of furan rings is 1. The second kappa shape index (κ2) is 8.25. The Kier molecular flexibility index (Phi) is 5.90. The van der Waals surface area contributed by atoms with Gasteiger partial charge in [0, 0.05) is 31.3 Å². The van der Waals surface area contributed by atoms with E-state index >= 15 is 0 Å². The van der Waals surface area contributed by atoms with Crippen LogP contribution in [0.5, 0.6) is 0 Å². The van der Waals surface area contributed by atoms with Crippen molar-refractivity contribution < 1.29 is 22.4 Å². The van der Waals surface area contributed by atoms with Crippen LogP contribution in [0.2, 0.25) is 0 Å². The third-order valence-electron chi connectivity index (χ3n) is 5.53. The fourth-order valence-electron chi connectivity index (χ4n) is 3.76. The number of nitrogens with zero attached hydrogens (tertiary/aromatic N) is 4. The van der Waals surface area contributed by atoms with E-state index in [2.05, 4.69) is 52.7 Å². The Labute approximate surface area is 197 Å². The molecule has 0 spiro atoms. The van der Waals surface area contributed by atoms with Gasteiger partial charge in [-0.25, -0.2) is 4.68 Å². The molecule has 0 fully saturated rings.